The molecule has 1 N–H and O–H groups in total. The second-order valence-corrected chi connectivity index (χ2v) is 3.46. The first-order chi connectivity index (χ1) is 8.04. The summed E-state index contributed by atoms with van der Waals surface area (Å²) in [6, 6.07) is 2.91. The highest BCUT2D eigenvalue weighted by Gasteiger charge is 2.22. The average molecular weight is 241 g/mol. The van der Waals surface area contributed by atoms with E-state index in [4.69, 9.17) is 5.11 Å². The summed E-state index contributed by atoms with van der Waals surface area (Å²) in [4.78, 5) is 25.2. The molecule has 0 saturated heterocycles. The lowest BCUT2D eigenvalue weighted by Crippen LogP contribution is -2.14. The third kappa shape index (κ3) is 3.82. The maximum absolute atomic E-state index is 13.4. The molecule has 0 spiro atoms. The lowest BCUT2D eigenvalue weighted by atomic mass is 9.93. The Balaban J connectivity index is 2.93. The number of carbonyl (C=O) groups excluding carboxylic acids is 1. The number of rotatable bonds is 5. The highest BCUT2D eigenvalue weighted by molar-refractivity contribution is 5.73. The van der Waals surface area contributed by atoms with Crippen molar-refractivity contribution in [3.05, 3.63) is 29.8 Å². The number of halogens is 1. The number of aliphatic carboxylic acids is 1. The smallest absolute Gasteiger partial charge is 0.306 e. The van der Waals surface area contributed by atoms with Gasteiger partial charge in [0.2, 0.25) is 5.95 Å². The molecule has 0 aliphatic rings. The van der Waals surface area contributed by atoms with E-state index in [1.165, 1.54) is 25.4 Å². The van der Waals surface area contributed by atoms with E-state index in [0.717, 1.165) is 0 Å². The molecule has 0 aromatic carbocycles. The van der Waals surface area contributed by atoms with Crippen LogP contribution in [0.4, 0.5) is 4.39 Å². The molecule has 0 bridgehead atoms. The number of aromatic nitrogens is 1. The Labute approximate surface area is 97.2 Å². The van der Waals surface area contributed by atoms with Crippen molar-refractivity contribution in [2.45, 2.75) is 18.8 Å². The molecule has 1 unspecified atom stereocenters. The van der Waals surface area contributed by atoms with Gasteiger partial charge in [0.1, 0.15) is 0 Å². The highest BCUT2D eigenvalue weighted by Crippen LogP contribution is 2.25. The van der Waals surface area contributed by atoms with Crippen LogP contribution in [0.3, 0.4) is 0 Å². The fourth-order valence-electron chi connectivity index (χ4n) is 1.49. The second kappa shape index (κ2) is 5.93. The van der Waals surface area contributed by atoms with Crippen LogP contribution in [0, 0.1) is 5.95 Å². The van der Waals surface area contributed by atoms with Gasteiger partial charge in [-0.05, 0) is 6.07 Å². The van der Waals surface area contributed by atoms with Crippen molar-refractivity contribution in [1.82, 2.24) is 4.98 Å². The molecule has 0 saturated carbocycles. The molecule has 1 aromatic rings. The Hall–Kier alpha value is -1.98. The maximum Gasteiger partial charge on any atom is 0.306 e. The zero-order chi connectivity index (χ0) is 12.8. The molecule has 0 aliphatic carbocycles. The number of nitrogens with zero attached hydrogens (tertiary/aromatic N) is 1. The summed E-state index contributed by atoms with van der Waals surface area (Å²) in [5, 5.41) is 8.73. The van der Waals surface area contributed by atoms with Gasteiger partial charge in [0.05, 0.1) is 20.0 Å². The van der Waals surface area contributed by atoms with Crippen LogP contribution in [0.25, 0.3) is 0 Å². The van der Waals surface area contributed by atoms with Gasteiger partial charge in [-0.15, -0.1) is 0 Å². The van der Waals surface area contributed by atoms with Crippen molar-refractivity contribution < 1.29 is 23.8 Å². The van der Waals surface area contributed by atoms with Crippen LogP contribution in [0.5, 0.6) is 0 Å². The topological polar surface area (TPSA) is 76.5 Å². The summed E-state index contributed by atoms with van der Waals surface area (Å²) < 4.78 is 17.8. The van der Waals surface area contributed by atoms with E-state index in [1.807, 2.05) is 0 Å². The molecule has 0 amide bonds. The molecule has 0 radical (unpaired) electrons. The van der Waals surface area contributed by atoms with Gasteiger partial charge < -0.3 is 9.84 Å². The Morgan fingerprint density at radius 1 is 1.53 bits per heavy atom. The Morgan fingerprint density at radius 2 is 2.24 bits per heavy atom. The first-order valence-electron chi connectivity index (χ1n) is 4.93. The van der Waals surface area contributed by atoms with Crippen LogP contribution >= 0.6 is 0 Å². The zero-order valence-electron chi connectivity index (χ0n) is 9.22. The van der Waals surface area contributed by atoms with Crippen molar-refractivity contribution in [2.24, 2.45) is 0 Å². The SMILES string of the molecule is COC(=O)CC(CC(=O)O)c1cccnc1F. The normalized spacial score (nSPS) is 11.9. The summed E-state index contributed by atoms with van der Waals surface area (Å²) >= 11 is 0. The van der Waals surface area contributed by atoms with E-state index in [1.54, 1.807) is 0 Å². The first kappa shape index (κ1) is 13.1. The van der Waals surface area contributed by atoms with Crippen LogP contribution in [-0.4, -0.2) is 29.1 Å². The number of hydrogen-bond donors (Lipinski definition) is 1. The summed E-state index contributed by atoms with van der Waals surface area (Å²) in [6.07, 6.45) is 0.720. The van der Waals surface area contributed by atoms with Gasteiger partial charge in [0.15, 0.2) is 0 Å². The number of carbonyl (C=O) groups is 2. The van der Waals surface area contributed by atoms with Crippen molar-refractivity contribution >= 4 is 11.9 Å². The standard InChI is InChI=1S/C11H12FNO4/c1-17-10(16)6-7(5-9(14)15)8-3-2-4-13-11(8)12/h2-4,7H,5-6H2,1H3,(H,14,15). The predicted octanol–water partition coefficient (Wildman–Crippen LogP) is 1.34. The number of pyridine rings is 1. The molecule has 92 valence electrons. The third-order valence-electron chi connectivity index (χ3n) is 2.29. The Kier molecular flexibility index (Phi) is 4.56. The molecule has 6 heteroatoms. The Bertz CT molecular complexity index is 422. The number of hydrogen-bond acceptors (Lipinski definition) is 4. The van der Waals surface area contributed by atoms with Gasteiger partial charge in [0.25, 0.3) is 0 Å². The van der Waals surface area contributed by atoms with Gasteiger partial charge in [-0.3, -0.25) is 9.59 Å². The molecule has 1 heterocycles. The van der Waals surface area contributed by atoms with Crippen molar-refractivity contribution in [3.63, 3.8) is 0 Å². The minimum Gasteiger partial charge on any atom is -0.481 e. The fraction of sp³-hybridized carbons (Fsp3) is 0.364. The van der Waals surface area contributed by atoms with E-state index in [9.17, 15) is 14.0 Å². The van der Waals surface area contributed by atoms with E-state index < -0.39 is 23.8 Å². The number of carboxylic acids is 1. The molecular weight excluding hydrogens is 229 g/mol. The van der Waals surface area contributed by atoms with E-state index in [-0.39, 0.29) is 18.4 Å². The second-order valence-electron chi connectivity index (χ2n) is 3.46. The molecule has 0 fully saturated rings. The van der Waals surface area contributed by atoms with Crippen LogP contribution in [-0.2, 0) is 14.3 Å². The van der Waals surface area contributed by atoms with Crippen LogP contribution in [0.2, 0.25) is 0 Å². The third-order valence-corrected chi connectivity index (χ3v) is 2.29. The van der Waals surface area contributed by atoms with E-state index in [0.29, 0.717) is 0 Å². The highest BCUT2D eigenvalue weighted by atomic mass is 19.1. The van der Waals surface area contributed by atoms with E-state index >= 15 is 0 Å². The lowest BCUT2D eigenvalue weighted by Gasteiger charge is -2.13. The zero-order valence-corrected chi connectivity index (χ0v) is 9.22. The fourth-order valence-corrected chi connectivity index (χ4v) is 1.49. The largest absolute Gasteiger partial charge is 0.481 e. The molecule has 1 aromatic heterocycles. The van der Waals surface area contributed by atoms with Crippen molar-refractivity contribution in [3.8, 4) is 0 Å². The Morgan fingerprint density at radius 3 is 2.76 bits per heavy atom. The first-order valence-corrected chi connectivity index (χ1v) is 4.93. The lowest BCUT2D eigenvalue weighted by molar-refractivity contribution is -0.141. The molecule has 0 aliphatic heterocycles. The average Bonchev–Trinajstić information content (AvgIpc) is 2.28. The van der Waals surface area contributed by atoms with Gasteiger partial charge in [0, 0.05) is 17.7 Å². The van der Waals surface area contributed by atoms with Crippen LogP contribution in [0.1, 0.15) is 24.3 Å². The molecular formula is C11H12FNO4. The molecule has 1 atom stereocenters. The number of ether oxygens (including phenoxy) is 1. The van der Waals surface area contributed by atoms with Crippen molar-refractivity contribution in [1.29, 1.82) is 0 Å². The molecule has 5 nitrogen and oxygen atoms in total. The van der Waals surface area contributed by atoms with Crippen LogP contribution < -0.4 is 0 Å². The number of methoxy groups -OCH3 is 1. The van der Waals surface area contributed by atoms with Crippen LogP contribution in [0.15, 0.2) is 18.3 Å². The molecule has 17 heavy (non-hydrogen) atoms. The minimum atomic E-state index is -1.11. The van der Waals surface area contributed by atoms with Gasteiger partial charge in [-0.1, -0.05) is 6.07 Å². The van der Waals surface area contributed by atoms with Crippen molar-refractivity contribution in [2.75, 3.05) is 7.11 Å². The maximum atomic E-state index is 13.4. The quantitative estimate of drug-likeness (QED) is 0.621. The van der Waals surface area contributed by atoms with E-state index in [2.05, 4.69) is 9.72 Å². The van der Waals surface area contributed by atoms with Gasteiger partial charge in [-0.2, -0.15) is 4.39 Å². The molecule has 1 rings (SSSR count). The van der Waals surface area contributed by atoms with Gasteiger partial charge >= 0.3 is 11.9 Å². The summed E-state index contributed by atoms with van der Waals surface area (Å²) in [5.41, 5.74) is 0.111. The number of carboxylic acid groups (broad SMARTS) is 1. The summed E-state index contributed by atoms with van der Waals surface area (Å²) in [5.74, 6) is -3.22. The monoisotopic (exact) mass is 241 g/mol. The minimum absolute atomic E-state index is 0.111. The number of esters is 1. The summed E-state index contributed by atoms with van der Waals surface area (Å²) in [7, 11) is 1.19. The van der Waals surface area contributed by atoms with Gasteiger partial charge in [-0.25, -0.2) is 4.98 Å². The predicted molar refractivity (Wildman–Crippen MR) is 55.8 cm³/mol. The summed E-state index contributed by atoms with van der Waals surface area (Å²) in [6.45, 7) is 0.